The topological polar surface area (TPSA) is 15.3 Å². The number of allylic oxidation sites excluding steroid dienone is 2. The second-order valence-electron chi connectivity index (χ2n) is 2.21. The lowest BCUT2D eigenvalue weighted by Crippen LogP contribution is -2.24. The van der Waals surface area contributed by atoms with Crippen LogP contribution in [0.4, 0.5) is 0 Å². The van der Waals surface area contributed by atoms with Crippen molar-refractivity contribution >= 4 is 0 Å². The second-order valence-corrected chi connectivity index (χ2v) is 2.21. The first-order chi connectivity index (χ1) is 4.72. The molecule has 0 fully saturated rings. The third-order valence-electron chi connectivity index (χ3n) is 1.12. The van der Waals surface area contributed by atoms with Gasteiger partial charge in [0.1, 0.15) is 5.82 Å². The van der Waals surface area contributed by atoms with Gasteiger partial charge in [0.25, 0.3) is 0 Å². The summed E-state index contributed by atoms with van der Waals surface area (Å²) >= 11 is 0. The molecule has 2 heteroatoms. The Hall–Kier alpha value is -0.920. The molecule has 0 bridgehead atoms. The van der Waals surface area contributed by atoms with Crippen LogP contribution in [0.1, 0.15) is 6.92 Å². The van der Waals surface area contributed by atoms with Crippen molar-refractivity contribution in [2.75, 3.05) is 20.6 Å². The molecule has 0 heterocycles. The number of nitrogens with zero attached hydrogens (tertiary/aromatic N) is 1. The maximum absolute atomic E-state index is 3.62. The first-order valence-electron chi connectivity index (χ1n) is 3.46. The van der Waals surface area contributed by atoms with E-state index >= 15 is 0 Å². The minimum atomic E-state index is 0.942. The van der Waals surface area contributed by atoms with Gasteiger partial charge in [-0.2, -0.15) is 0 Å². The Morgan fingerprint density at radius 3 is 2.50 bits per heavy atom. The Morgan fingerprint density at radius 2 is 2.20 bits per heavy atom. The van der Waals surface area contributed by atoms with Gasteiger partial charge in [-0.1, -0.05) is 12.7 Å². The molecule has 0 saturated carbocycles. The molecule has 0 unspecified atom stereocenters. The number of nitrogens with one attached hydrogen (secondary N) is 1. The van der Waals surface area contributed by atoms with Crippen LogP contribution >= 0.6 is 0 Å². The lowest BCUT2D eigenvalue weighted by atomic mass is 10.5. The molecule has 0 spiro atoms. The van der Waals surface area contributed by atoms with Gasteiger partial charge in [0.15, 0.2) is 0 Å². The maximum atomic E-state index is 3.62. The van der Waals surface area contributed by atoms with E-state index in [1.807, 2.05) is 25.1 Å². The third-order valence-corrected chi connectivity index (χ3v) is 1.12. The fraction of sp³-hybridized carbons (Fsp3) is 0.500. The highest BCUT2D eigenvalue weighted by molar-refractivity contribution is 5.06. The summed E-state index contributed by atoms with van der Waals surface area (Å²) in [5.41, 5.74) is 0. The minimum absolute atomic E-state index is 0.942. The van der Waals surface area contributed by atoms with Crippen LogP contribution in [0.15, 0.2) is 24.6 Å². The van der Waals surface area contributed by atoms with Gasteiger partial charge in [0.05, 0.1) is 0 Å². The SMILES string of the molecule is C=C/C=C(/NCC)N(C)C. The normalized spacial score (nSPS) is 10.9. The summed E-state index contributed by atoms with van der Waals surface area (Å²) < 4.78 is 0. The summed E-state index contributed by atoms with van der Waals surface area (Å²) in [7, 11) is 4.00. The summed E-state index contributed by atoms with van der Waals surface area (Å²) in [5, 5.41) is 3.20. The summed E-state index contributed by atoms with van der Waals surface area (Å²) in [5.74, 6) is 1.09. The molecule has 0 aromatic heterocycles. The molecule has 0 aromatic carbocycles. The maximum Gasteiger partial charge on any atom is 0.101 e. The molecule has 0 aliphatic heterocycles. The summed E-state index contributed by atoms with van der Waals surface area (Å²) in [6.07, 6.45) is 3.72. The number of rotatable bonds is 4. The Morgan fingerprint density at radius 1 is 1.60 bits per heavy atom. The van der Waals surface area contributed by atoms with Crippen LogP contribution in [0, 0.1) is 0 Å². The first kappa shape index (κ1) is 9.08. The lowest BCUT2D eigenvalue weighted by Gasteiger charge is -2.17. The fourth-order valence-corrected chi connectivity index (χ4v) is 0.659. The van der Waals surface area contributed by atoms with Crippen molar-refractivity contribution in [2.45, 2.75) is 6.92 Å². The molecular weight excluding hydrogens is 124 g/mol. The van der Waals surface area contributed by atoms with Crippen LogP contribution in [-0.2, 0) is 0 Å². The van der Waals surface area contributed by atoms with E-state index < -0.39 is 0 Å². The minimum Gasteiger partial charge on any atom is -0.372 e. The predicted molar refractivity (Wildman–Crippen MR) is 45.6 cm³/mol. The van der Waals surface area contributed by atoms with Gasteiger partial charge in [-0.3, -0.25) is 0 Å². The van der Waals surface area contributed by atoms with Crippen LogP contribution in [0.3, 0.4) is 0 Å². The predicted octanol–water partition coefficient (Wildman–Crippen LogP) is 1.18. The summed E-state index contributed by atoms with van der Waals surface area (Å²) in [6, 6.07) is 0. The molecule has 10 heavy (non-hydrogen) atoms. The van der Waals surface area contributed by atoms with Gasteiger partial charge in [-0.15, -0.1) is 0 Å². The lowest BCUT2D eigenvalue weighted by molar-refractivity contribution is 0.465. The van der Waals surface area contributed by atoms with Crippen molar-refractivity contribution < 1.29 is 0 Å². The monoisotopic (exact) mass is 140 g/mol. The van der Waals surface area contributed by atoms with E-state index in [0.717, 1.165) is 12.4 Å². The van der Waals surface area contributed by atoms with Gasteiger partial charge in [-0.25, -0.2) is 0 Å². The van der Waals surface area contributed by atoms with Crippen molar-refractivity contribution in [2.24, 2.45) is 0 Å². The Kier molecular flexibility index (Phi) is 4.46. The molecular formula is C8H16N2. The van der Waals surface area contributed by atoms with Crippen LogP contribution in [0.2, 0.25) is 0 Å². The molecule has 2 nitrogen and oxygen atoms in total. The highest BCUT2D eigenvalue weighted by atomic mass is 15.2. The van der Waals surface area contributed by atoms with Gasteiger partial charge < -0.3 is 10.2 Å². The fourth-order valence-electron chi connectivity index (χ4n) is 0.659. The zero-order valence-electron chi connectivity index (χ0n) is 7.02. The molecule has 1 N–H and O–H groups in total. The van der Waals surface area contributed by atoms with E-state index in [2.05, 4.69) is 18.8 Å². The summed E-state index contributed by atoms with van der Waals surface area (Å²) in [6.45, 7) is 6.63. The molecule has 0 saturated heterocycles. The highest BCUT2D eigenvalue weighted by Crippen LogP contribution is 1.91. The molecule has 0 radical (unpaired) electrons. The zero-order valence-corrected chi connectivity index (χ0v) is 7.02. The molecule has 0 aromatic rings. The van der Waals surface area contributed by atoms with Crippen LogP contribution < -0.4 is 5.32 Å². The molecule has 0 amide bonds. The second kappa shape index (κ2) is 4.91. The first-order valence-corrected chi connectivity index (χ1v) is 3.46. The van der Waals surface area contributed by atoms with E-state index in [-0.39, 0.29) is 0 Å². The van der Waals surface area contributed by atoms with Gasteiger partial charge in [-0.05, 0) is 13.0 Å². The molecule has 0 aliphatic rings. The summed E-state index contributed by atoms with van der Waals surface area (Å²) in [4.78, 5) is 2.02. The third kappa shape index (κ3) is 3.17. The van der Waals surface area contributed by atoms with Crippen molar-refractivity contribution in [3.8, 4) is 0 Å². The number of hydrogen-bond donors (Lipinski definition) is 1. The average molecular weight is 140 g/mol. The molecule has 58 valence electrons. The Bertz CT molecular complexity index is 125. The van der Waals surface area contributed by atoms with E-state index in [4.69, 9.17) is 0 Å². The van der Waals surface area contributed by atoms with Crippen LogP contribution in [-0.4, -0.2) is 25.5 Å². The van der Waals surface area contributed by atoms with Crippen molar-refractivity contribution in [3.05, 3.63) is 24.6 Å². The average Bonchev–Trinajstić information content (AvgIpc) is 1.87. The Labute approximate surface area is 63.2 Å². The van der Waals surface area contributed by atoms with Crippen LogP contribution in [0.25, 0.3) is 0 Å². The van der Waals surface area contributed by atoms with Gasteiger partial charge in [0, 0.05) is 20.6 Å². The standard InChI is InChI=1S/C8H16N2/c1-5-7-8(9-6-2)10(3)4/h5,7,9H,1,6H2,2-4H3/b8-7-. The van der Waals surface area contributed by atoms with Crippen molar-refractivity contribution in [1.29, 1.82) is 0 Å². The Balaban J connectivity index is 3.97. The van der Waals surface area contributed by atoms with E-state index in [0.29, 0.717) is 0 Å². The van der Waals surface area contributed by atoms with E-state index in [1.165, 1.54) is 0 Å². The smallest absolute Gasteiger partial charge is 0.101 e. The van der Waals surface area contributed by atoms with Gasteiger partial charge >= 0.3 is 0 Å². The largest absolute Gasteiger partial charge is 0.372 e. The molecule has 0 aliphatic carbocycles. The van der Waals surface area contributed by atoms with E-state index in [9.17, 15) is 0 Å². The molecule has 0 atom stereocenters. The van der Waals surface area contributed by atoms with E-state index in [1.54, 1.807) is 6.08 Å². The zero-order chi connectivity index (χ0) is 7.98. The molecule has 0 rings (SSSR count). The van der Waals surface area contributed by atoms with Crippen molar-refractivity contribution in [3.63, 3.8) is 0 Å². The van der Waals surface area contributed by atoms with Gasteiger partial charge in [0.2, 0.25) is 0 Å². The highest BCUT2D eigenvalue weighted by Gasteiger charge is 1.92. The van der Waals surface area contributed by atoms with Crippen molar-refractivity contribution in [1.82, 2.24) is 10.2 Å². The quantitative estimate of drug-likeness (QED) is 0.590. The van der Waals surface area contributed by atoms with Crippen LogP contribution in [0.5, 0.6) is 0 Å². The number of hydrogen-bond acceptors (Lipinski definition) is 2.